The molecule has 0 saturated carbocycles. The van der Waals surface area contributed by atoms with Crippen molar-refractivity contribution in [1.29, 1.82) is 0 Å². The lowest BCUT2D eigenvalue weighted by Crippen LogP contribution is -2.50. The molecule has 0 bridgehead atoms. The van der Waals surface area contributed by atoms with Gasteiger partial charge in [0.25, 0.3) is 16.6 Å². The Bertz CT molecular complexity index is 883. The van der Waals surface area contributed by atoms with E-state index in [1.165, 1.54) is 15.4 Å². The summed E-state index contributed by atoms with van der Waals surface area (Å²) in [7, 11) is 0. The minimum absolute atomic E-state index is 0.0149. The molecule has 0 aromatic heterocycles. The van der Waals surface area contributed by atoms with Crippen molar-refractivity contribution >= 4 is 22.4 Å². The fourth-order valence-electron chi connectivity index (χ4n) is 3.90. The van der Waals surface area contributed by atoms with Crippen molar-refractivity contribution in [1.82, 2.24) is 0 Å². The summed E-state index contributed by atoms with van der Waals surface area (Å²) < 4.78 is 19.7. The van der Waals surface area contributed by atoms with Gasteiger partial charge >= 0.3 is 0 Å². The zero-order valence-corrected chi connectivity index (χ0v) is 18.4. The van der Waals surface area contributed by atoms with E-state index in [4.69, 9.17) is 13.1 Å². The van der Waals surface area contributed by atoms with Crippen molar-refractivity contribution in [3.63, 3.8) is 0 Å². The molecular weight excluding hydrogens is 412 g/mol. The maximum atomic E-state index is 6.94. The summed E-state index contributed by atoms with van der Waals surface area (Å²) in [4.78, 5) is 2.40. The van der Waals surface area contributed by atoms with Crippen LogP contribution in [0.2, 0.25) is 0 Å². The molecule has 2 aliphatic heterocycles. The van der Waals surface area contributed by atoms with Gasteiger partial charge in [-0.1, -0.05) is 66.7 Å². The lowest BCUT2D eigenvalue weighted by molar-refractivity contribution is -0.105. The maximum Gasteiger partial charge on any atom is 0.283 e. The Kier molecular flexibility index (Phi) is 6.44. The molecule has 154 valence electrons. The monoisotopic (exact) mass is 438 g/mol. The molecule has 2 heterocycles. The van der Waals surface area contributed by atoms with Crippen LogP contribution in [0.15, 0.2) is 101 Å². The first kappa shape index (κ1) is 20.2. The second-order valence-electron chi connectivity index (χ2n) is 7.47. The Morgan fingerprint density at radius 2 is 1.40 bits per heavy atom. The lowest BCUT2D eigenvalue weighted by atomic mass is 10.1. The number of ether oxygens (including phenoxy) is 2. The normalized spacial score (nSPS) is 26.3. The average molecular weight is 439 g/mol. The number of fused-ring (bicyclic) bond motifs is 1. The molecule has 0 amide bonds. The lowest BCUT2D eigenvalue weighted by Gasteiger charge is -2.35. The van der Waals surface area contributed by atoms with Gasteiger partial charge in [-0.3, -0.25) is 0 Å². The number of hydrogen-bond acceptors (Lipinski definition) is 3. The van der Waals surface area contributed by atoms with Gasteiger partial charge in [-0.05, 0) is 42.7 Å². The molecule has 0 aliphatic carbocycles. The van der Waals surface area contributed by atoms with Gasteiger partial charge in [-0.15, -0.1) is 0 Å². The summed E-state index contributed by atoms with van der Waals surface area (Å²) in [5.74, 6) is 0.828. The topological polar surface area (TPSA) is 27.7 Å². The summed E-state index contributed by atoms with van der Waals surface area (Å²) in [6, 6.07) is 31.6. The molecule has 1 unspecified atom stereocenters. The summed E-state index contributed by atoms with van der Waals surface area (Å²) >= 11 is -0.816. The molecule has 3 aromatic rings. The van der Waals surface area contributed by atoms with Gasteiger partial charge < -0.3 is 9.47 Å². The summed E-state index contributed by atoms with van der Waals surface area (Å²) in [6.45, 7) is 0.790. The van der Waals surface area contributed by atoms with E-state index < -0.39 is 11.2 Å². The zero-order chi connectivity index (χ0) is 20.2. The van der Waals surface area contributed by atoms with Crippen LogP contribution in [0.25, 0.3) is 0 Å². The maximum absolute atomic E-state index is 6.94. The van der Waals surface area contributed by atoms with Crippen LogP contribution in [0.3, 0.4) is 0 Å². The van der Waals surface area contributed by atoms with Crippen molar-refractivity contribution in [2.45, 2.75) is 40.3 Å². The van der Waals surface area contributed by atoms with E-state index in [-0.39, 0.29) is 28.8 Å². The van der Waals surface area contributed by atoms with Gasteiger partial charge in [0.05, 0.1) is 10.2 Å². The van der Waals surface area contributed by atoms with Gasteiger partial charge in [0, 0.05) is 0 Å². The molecule has 30 heavy (non-hydrogen) atoms. The van der Waals surface area contributed by atoms with Crippen molar-refractivity contribution in [3.05, 3.63) is 96.6 Å². The Hall–Kier alpha value is -1.76. The first-order valence-corrected chi connectivity index (χ1v) is 13.0. The predicted octanol–water partition coefficient (Wildman–Crippen LogP) is 5.46. The second-order valence-corrected chi connectivity index (χ2v) is 11.0. The molecule has 2 aliphatic rings. The molecule has 0 radical (unpaired) electrons. The standard InChI is InChI=1S/C25H26O3S2/c1-4-11-20(12-5-1)24-19-29(25-23(27-24)17-10-18-26-25)28-30(21-13-6-2-7-14-21)22-15-8-3-9-16-22/h1-9,11-16,23-25H,10,17-19H2/q+2/t23-,24-,25+,29?/m1/s1. The summed E-state index contributed by atoms with van der Waals surface area (Å²) in [5, 5.41) is 0. The first-order valence-electron chi connectivity index (χ1n) is 10.4. The molecule has 5 rings (SSSR count). The third-order valence-electron chi connectivity index (χ3n) is 5.37. The fourth-order valence-corrected chi connectivity index (χ4v) is 8.38. The molecule has 4 atom stereocenters. The minimum atomic E-state index is -0.458. The average Bonchev–Trinajstić information content (AvgIpc) is 2.84. The molecule has 3 aromatic carbocycles. The van der Waals surface area contributed by atoms with E-state index >= 15 is 0 Å². The van der Waals surface area contributed by atoms with Gasteiger partial charge in [0.2, 0.25) is 21.0 Å². The zero-order valence-electron chi connectivity index (χ0n) is 16.8. The van der Waals surface area contributed by atoms with Crippen LogP contribution in [0.1, 0.15) is 24.5 Å². The first-order chi connectivity index (χ1) is 14.9. The van der Waals surface area contributed by atoms with Crippen LogP contribution in [-0.2, 0) is 35.5 Å². The third-order valence-corrected chi connectivity index (χ3v) is 9.61. The fraction of sp³-hybridized carbons (Fsp3) is 0.280. The van der Waals surface area contributed by atoms with Gasteiger partial charge in [0.1, 0.15) is 12.2 Å². The van der Waals surface area contributed by atoms with Gasteiger partial charge in [-0.25, -0.2) is 0 Å². The summed E-state index contributed by atoms with van der Waals surface area (Å²) in [5.41, 5.74) is 1.24. The van der Waals surface area contributed by atoms with Gasteiger partial charge in [-0.2, -0.15) is 0 Å². The van der Waals surface area contributed by atoms with Crippen molar-refractivity contribution in [2.75, 3.05) is 12.4 Å². The highest BCUT2D eigenvalue weighted by Gasteiger charge is 2.55. The van der Waals surface area contributed by atoms with E-state index in [9.17, 15) is 0 Å². The molecule has 5 heteroatoms. The number of hydrogen-bond donors (Lipinski definition) is 0. The molecule has 2 saturated heterocycles. The highest BCUT2D eigenvalue weighted by molar-refractivity contribution is 8.05. The van der Waals surface area contributed by atoms with Crippen molar-refractivity contribution < 1.29 is 13.1 Å². The van der Waals surface area contributed by atoms with Crippen LogP contribution in [0.4, 0.5) is 0 Å². The SMILES string of the molecule is c1ccc([C@H]2C[S+](O[S+](c3ccccc3)c3ccccc3)[C@@H]3OCCC[C@H]3O2)cc1. The van der Waals surface area contributed by atoms with Crippen LogP contribution >= 0.6 is 0 Å². The van der Waals surface area contributed by atoms with Crippen LogP contribution in [-0.4, -0.2) is 23.9 Å². The van der Waals surface area contributed by atoms with E-state index in [1.54, 1.807) is 0 Å². The molecule has 3 nitrogen and oxygen atoms in total. The van der Waals surface area contributed by atoms with Crippen molar-refractivity contribution in [2.24, 2.45) is 0 Å². The van der Waals surface area contributed by atoms with E-state index in [2.05, 4.69) is 91.0 Å². The molecule has 0 N–H and O–H groups in total. The van der Waals surface area contributed by atoms with Gasteiger partial charge in [0.15, 0.2) is 5.75 Å². The predicted molar refractivity (Wildman–Crippen MR) is 123 cm³/mol. The highest BCUT2D eigenvalue weighted by Crippen LogP contribution is 2.39. The Labute approximate surface area is 184 Å². The van der Waals surface area contributed by atoms with E-state index in [1.807, 2.05) is 0 Å². The molecule has 0 spiro atoms. The van der Waals surface area contributed by atoms with E-state index in [0.29, 0.717) is 0 Å². The largest absolute Gasteiger partial charge is 0.357 e. The number of rotatable bonds is 5. The Morgan fingerprint density at radius 1 is 0.800 bits per heavy atom. The molecular formula is C25H26O3S2+2. The summed E-state index contributed by atoms with van der Waals surface area (Å²) in [6.07, 6.45) is 2.22. The van der Waals surface area contributed by atoms with Crippen LogP contribution < -0.4 is 0 Å². The second kappa shape index (κ2) is 9.58. The highest BCUT2D eigenvalue weighted by atomic mass is 32.3. The van der Waals surface area contributed by atoms with E-state index in [0.717, 1.165) is 25.2 Å². The van der Waals surface area contributed by atoms with Crippen LogP contribution in [0.5, 0.6) is 0 Å². The Balaban J connectivity index is 1.46. The van der Waals surface area contributed by atoms with Crippen molar-refractivity contribution in [3.8, 4) is 0 Å². The minimum Gasteiger partial charge on any atom is -0.357 e. The van der Waals surface area contributed by atoms with Crippen LogP contribution in [0, 0.1) is 0 Å². The smallest absolute Gasteiger partial charge is 0.283 e. The molecule has 2 fully saturated rings. The third kappa shape index (κ3) is 4.46. The number of benzene rings is 3. The quantitative estimate of drug-likeness (QED) is 0.495. The Morgan fingerprint density at radius 3 is 2.03 bits per heavy atom.